The maximum atomic E-state index is 12.6. The van der Waals surface area contributed by atoms with Crippen molar-refractivity contribution in [2.24, 2.45) is 5.92 Å². The molecular weight excluding hydrogens is 279 g/mol. The van der Waals surface area contributed by atoms with E-state index >= 15 is 0 Å². The number of hydrogen-bond donors (Lipinski definition) is 1. The Balaban J connectivity index is 1.79. The second-order valence-electron chi connectivity index (χ2n) is 5.30. The van der Waals surface area contributed by atoms with E-state index in [4.69, 9.17) is 11.6 Å². The Hall–Kier alpha value is -1.55. The van der Waals surface area contributed by atoms with Gasteiger partial charge >= 0.3 is 0 Å². The third kappa shape index (κ3) is 2.52. The van der Waals surface area contributed by atoms with E-state index in [0.29, 0.717) is 23.8 Å². The van der Waals surface area contributed by atoms with Crippen molar-refractivity contribution in [2.45, 2.75) is 12.8 Å². The van der Waals surface area contributed by atoms with Gasteiger partial charge in [-0.1, -0.05) is 11.6 Å². The summed E-state index contributed by atoms with van der Waals surface area (Å²) in [5.74, 6) is 0.0928. The summed E-state index contributed by atoms with van der Waals surface area (Å²) in [6.45, 7) is 0.972. The third-order valence-corrected chi connectivity index (χ3v) is 4.17. The number of hydrogen-bond acceptors (Lipinski definition) is 1. The second-order valence-corrected chi connectivity index (χ2v) is 5.74. The Kier molecular flexibility index (Phi) is 3.66. The fourth-order valence-corrected chi connectivity index (χ4v) is 2.86. The standard InChI is InChI=1S/C15H16ClFN2O/c16-12-1-2-13-11(7-12)8-14(18-13)15(20)19-5-3-10(9-17)4-6-19/h1-2,7-8,10,18H,3-6,9H2. The zero-order valence-corrected chi connectivity index (χ0v) is 11.8. The molecule has 1 fully saturated rings. The van der Waals surface area contributed by atoms with E-state index in [1.807, 2.05) is 18.2 Å². The van der Waals surface area contributed by atoms with E-state index in [1.54, 1.807) is 11.0 Å². The number of H-pyrrole nitrogens is 1. The first-order valence-corrected chi connectivity index (χ1v) is 7.18. The summed E-state index contributed by atoms with van der Waals surface area (Å²) in [6.07, 6.45) is 1.49. The number of fused-ring (bicyclic) bond motifs is 1. The highest BCUT2D eigenvalue weighted by Gasteiger charge is 2.24. The van der Waals surface area contributed by atoms with Crippen LogP contribution >= 0.6 is 11.6 Å². The van der Waals surface area contributed by atoms with Crippen molar-refractivity contribution >= 4 is 28.4 Å². The second kappa shape index (κ2) is 5.44. The van der Waals surface area contributed by atoms with Gasteiger partial charge in [0.05, 0.1) is 6.67 Å². The molecule has 0 saturated carbocycles. The number of amides is 1. The van der Waals surface area contributed by atoms with Gasteiger partial charge in [0.15, 0.2) is 0 Å². The fraction of sp³-hybridized carbons (Fsp3) is 0.400. The van der Waals surface area contributed by atoms with Crippen LogP contribution in [0.1, 0.15) is 23.3 Å². The average molecular weight is 295 g/mol. The van der Waals surface area contributed by atoms with Gasteiger partial charge in [0.25, 0.3) is 5.91 Å². The molecule has 1 N–H and O–H groups in total. The minimum Gasteiger partial charge on any atom is -0.351 e. The van der Waals surface area contributed by atoms with Crippen LogP contribution in [-0.2, 0) is 0 Å². The number of piperidine rings is 1. The largest absolute Gasteiger partial charge is 0.351 e. The molecule has 5 heteroatoms. The summed E-state index contributed by atoms with van der Waals surface area (Å²) in [6, 6.07) is 7.31. The van der Waals surface area contributed by atoms with Crippen molar-refractivity contribution in [3.05, 3.63) is 35.0 Å². The first kappa shape index (κ1) is 13.4. The predicted molar refractivity (Wildman–Crippen MR) is 77.9 cm³/mol. The van der Waals surface area contributed by atoms with Gasteiger partial charge in [-0.05, 0) is 43.0 Å². The predicted octanol–water partition coefficient (Wildman–Crippen LogP) is 3.64. The normalized spacial score (nSPS) is 16.8. The minimum absolute atomic E-state index is 0.0189. The Morgan fingerprint density at radius 1 is 1.35 bits per heavy atom. The first-order chi connectivity index (χ1) is 9.67. The number of aromatic nitrogens is 1. The highest BCUT2D eigenvalue weighted by molar-refractivity contribution is 6.31. The number of alkyl halides is 1. The van der Waals surface area contributed by atoms with Crippen LogP contribution in [0.3, 0.4) is 0 Å². The summed E-state index contributed by atoms with van der Waals surface area (Å²) in [5.41, 5.74) is 1.47. The topological polar surface area (TPSA) is 36.1 Å². The summed E-state index contributed by atoms with van der Waals surface area (Å²) in [7, 11) is 0. The molecule has 1 aromatic heterocycles. The number of benzene rings is 1. The lowest BCUT2D eigenvalue weighted by Crippen LogP contribution is -2.39. The lowest BCUT2D eigenvalue weighted by atomic mass is 9.98. The maximum Gasteiger partial charge on any atom is 0.270 e. The molecule has 1 aliphatic rings. The monoisotopic (exact) mass is 294 g/mol. The van der Waals surface area contributed by atoms with Crippen molar-refractivity contribution in [3.8, 4) is 0 Å². The number of nitrogens with one attached hydrogen (secondary N) is 1. The zero-order valence-electron chi connectivity index (χ0n) is 11.0. The molecule has 2 heterocycles. The van der Waals surface area contributed by atoms with E-state index < -0.39 is 0 Å². The molecular formula is C15H16ClFN2O. The number of carbonyl (C=O) groups is 1. The molecule has 1 aliphatic heterocycles. The number of aromatic amines is 1. The molecule has 0 aliphatic carbocycles. The van der Waals surface area contributed by atoms with Crippen LogP contribution < -0.4 is 0 Å². The smallest absolute Gasteiger partial charge is 0.270 e. The average Bonchev–Trinajstić information content (AvgIpc) is 2.89. The van der Waals surface area contributed by atoms with Crippen molar-refractivity contribution in [3.63, 3.8) is 0 Å². The highest BCUT2D eigenvalue weighted by Crippen LogP contribution is 2.23. The molecule has 0 spiro atoms. The van der Waals surface area contributed by atoms with Crippen molar-refractivity contribution in [2.75, 3.05) is 19.8 Å². The van der Waals surface area contributed by atoms with E-state index in [0.717, 1.165) is 23.7 Å². The number of likely N-dealkylation sites (tertiary alicyclic amines) is 1. The van der Waals surface area contributed by atoms with Crippen molar-refractivity contribution in [1.29, 1.82) is 0 Å². The highest BCUT2D eigenvalue weighted by atomic mass is 35.5. The maximum absolute atomic E-state index is 12.6. The lowest BCUT2D eigenvalue weighted by molar-refractivity contribution is 0.0673. The summed E-state index contributed by atoms with van der Waals surface area (Å²) < 4.78 is 12.6. The number of rotatable bonds is 2. The number of nitrogens with zero attached hydrogens (tertiary/aromatic N) is 1. The molecule has 2 aromatic rings. The van der Waals surface area contributed by atoms with Crippen LogP contribution in [0, 0.1) is 5.92 Å². The van der Waals surface area contributed by atoms with Crippen LogP contribution in [0.2, 0.25) is 5.02 Å². The fourth-order valence-electron chi connectivity index (χ4n) is 2.68. The van der Waals surface area contributed by atoms with Crippen LogP contribution in [0.25, 0.3) is 10.9 Å². The van der Waals surface area contributed by atoms with Gasteiger partial charge in [-0.25, -0.2) is 0 Å². The Morgan fingerprint density at radius 3 is 2.80 bits per heavy atom. The van der Waals surface area contributed by atoms with Gasteiger partial charge in [0.1, 0.15) is 5.69 Å². The van der Waals surface area contributed by atoms with E-state index in [1.165, 1.54) is 0 Å². The summed E-state index contributed by atoms with van der Waals surface area (Å²) in [5, 5.41) is 1.58. The molecule has 1 aromatic carbocycles. The Bertz CT molecular complexity index is 632. The van der Waals surface area contributed by atoms with Gasteiger partial charge in [-0.2, -0.15) is 0 Å². The van der Waals surface area contributed by atoms with Gasteiger partial charge in [0.2, 0.25) is 0 Å². The molecule has 1 saturated heterocycles. The lowest BCUT2D eigenvalue weighted by Gasteiger charge is -2.30. The first-order valence-electron chi connectivity index (χ1n) is 6.81. The van der Waals surface area contributed by atoms with Crippen LogP contribution in [0.5, 0.6) is 0 Å². The molecule has 0 radical (unpaired) electrons. The third-order valence-electron chi connectivity index (χ3n) is 3.93. The van der Waals surface area contributed by atoms with E-state index in [2.05, 4.69) is 4.98 Å². The molecule has 106 valence electrons. The molecule has 0 unspecified atom stereocenters. The minimum atomic E-state index is -0.285. The van der Waals surface area contributed by atoms with Crippen LogP contribution in [0.15, 0.2) is 24.3 Å². The molecule has 3 rings (SSSR count). The molecule has 0 bridgehead atoms. The molecule has 20 heavy (non-hydrogen) atoms. The number of halogens is 2. The SMILES string of the molecule is O=C(c1cc2cc(Cl)ccc2[nH]1)N1CCC(CF)CC1. The van der Waals surface area contributed by atoms with Gasteiger partial charge < -0.3 is 9.88 Å². The zero-order chi connectivity index (χ0) is 14.1. The van der Waals surface area contributed by atoms with Crippen molar-refractivity contribution < 1.29 is 9.18 Å². The number of carbonyl (C=O) groups excluding carboxylic acids is 1. The quantitative estimate of drug-likeness (QED) is 0.902. The Morgan fingerprint density at radius 2 is 2.10 bits per heavy atom. The summed E-state index contributed by atoms with van der Waals surface area (Å²) in [4.78, 5) is 17.3. The molecule has 1 amide bonds. The molecule has 0 atom stereocenters. The molecule has 3 nitrogen and oxygen atoms in total. The van der Waals surface area contributed by atoms with Gasteiger partial charge in [-0.15, -0.1) is 0 Å². The van der Waals surface area contributed by atoms with E-state index in [-0.39, 0.29) is 18.5 Å². The Labute approximate surface area is 121 Å². The summed E-state index contributed by atoms with van der Waals surface area (Å²) >= 11 is 5.94. The van der Waals surface area contributed by atoms with Gasteiger partial charge in [0, 0.05) is 29.0 Å². The van der Waals surface area contributed by atoms with Gasteiger partial charge in [-0.3, -0.25) is 9.18 Å². The van der Waals surface area contributed by atoms with Crippen LogP contribution in [-0.4, -0.2) is 35.6 Å². The van der Waals surface area contributed by atoms with Crippen LogP contribution in [0.4, 0.5) is 4.39 Å². The van der Waals surface area contributed by atoms with E-state index in [9.17, 15) is 9.18 Å². The van der Waals surface area contributed by atoms with Crippen molar-refractivity contribution in [1.82, 2.24) is 9.88 Å².